The molecule has 232 valence electrons. The molecule has 3 aromatic heterocycles. The Balaban J connectivity index is 1.49. The lowest BCUT2D eigenvalue weighted by Gasteiger charge is -2.33. The molecule has 0 radical (unpaired) electrons. The summed E-state index contributed by atoms with van der Waals surface area (Å²) in [5, 5.41) is 4.47. The van der Waals surface area contributed by atoms with Crippen molar-refractivity contribution in [1.82, 2.24) is 19.0 Å². The van der Waals surface area contributed by atoms with E-state index in [0.717, 1.165) is 0 Å². The maximum atomic E-state index is 13.9. The summed E-state index contributed by atoms with van der Waals surface area (Å²) in [5.41, 5.74) is 1.59. The van der Waals surface area contributed by atoms with Crippen LogP contribution >= 0.6 is 22.9 Å². The van der Waals surface area contributed by atoms with Crippen molar-refractivity contribution in [3.8, 4) is 11.3 Å². The fraction of sp³-hybridized carbons (Fsp3) is 0.286. The van der Waals surface area contributed by atoms with Crippen molar-refractivity contribution < 1.29 is 30.4 Å². The summed E-state index contributed by atoms with van der Waals surface area (Å²) in [6.07, 6.45) is 2.63. The van der Waals surface area contributed by atoms with E-state index in [0.29, 0.717) is 34.3 Å². The molecular weight excluding hydrogens is 653 g/mol. The Morgan fingerprint density at radius 1 is 1.20 bits per heavy atom. The highest BCUT2D eigenvalue weighted by molar-refractivity contribution is 7.92. The molecule has 6 rings (SSSR count). The van der Waals surface area contributed by atoms with E-state index in [1.54, 1.807) is 17.6 Å². The van der Waals surface area contributed by atoms with Crippen LogP contribution < -0.4 is 10.0 Å². The number of furan rings is 1. The van der Waals surface area contributed by atoms with Crippen LogP contribution in [0.4, 0.5) is 10.1 Å². The van der Waals surface area contributed by atoms with Crippen molar-refractivity contribution in [1.29, 1.82) is 0 Å². The number of nitrogens with zero attached hydrogens (tertiary/aromatic N) is 3. The number of carbonyl (C=O) groups is 1. The highest BCUT2D eigenvalue weighted by Gasteiger charge is 2.37. The number of nitrogens with one attached hydrogen (secondary N) is 2. The Morgan fingerprint density at radius 2 is 1.95 bits per heavy atom. The van der Waals surface area contributed by atoms with Gasteiger partial charge in [0.25, 0.3) is 15.9 Å². The Morgan fingerprint density at radius 3 is 2.66 bits per heavy atom. The molecule has 2 aromatic carbocycles. The van der Waals surface area contributed by atoms with E-state index < -0.39 is 37.7 Å². The van der Waals surface area contributed by atoms with Crippen LogP contribution in [0.2, 0.25) is 5.15 Å². The van der Waals surface area contributed by atoms with E-state index in [1.807, 2.05) is 0 Å². The van der Waals surface area contributed by atoms with Gasteiger partial charge in [0.1, 0.15) is 17.2 Å². The summed E-state index contributed by atoms with van der Waals surface area (Å²) in [6.45, 7) is 1.76. The molecule has 2 N–H and O–H groups in total. The van der Waals surface area contributed by atoms with E-state index in [4.69, 9.17) is 16.0 Å². The summed E-state index contributed by atoms with van der Waals surface area (Å²) >= 11 is 7.55. The van der Waals surface area contributed by atoms with Crippen LogP contribution in [-0.2, 0) is 20.0 Å². The molecule has 0 bridgehead atoms. The highest BCUT2D eigenvalue weighted by atomic mass is 35.5. The molecular formula is C28H27ClFN5O6S3. The Labute approximate surface area is 261 Å². The Bertz CT molecular complexity index is 2120. The van der Waals surface area contributed by atoms with Gasteiger partial charge in [0.2, 0.25) is 10.0 Å². The average Bonchev–Trinajstić information content (AvgIpc) is 3.69. The average molecular weight is 680 g/mol. The summed E-state index contributed by atoms with van der Waals surface area (Å²) in [5.74, 6) is -1.39. The third-order valence-corrected chi connectivity index (χ3v) is 12.0. The van der Waals surface area contributed by atoms with Gasteiger partial charge >= 0.3 is 0 Å². The first kappa shape index (κ1) is 30.5. The standard InChI is InChI=1S/C28H27ClFN5O6S3/c1-3-43(37,38)33-21-14-22-20(23(26(36)31-2)24(41-22)16-6-8-18(30)9-7-16)13-19(21)17-5-4-10-34(15-17)44(39,40)27-25(29)32-28-35(27)11-12-42-28/h6-9,11-14,17,33H,3-5,10,15H2,1-2H3,(H,31,36)/t17-/m0/s1. The maximum absolute atomic E-state index is 13.9. The van der Waals surface area contributed by atoms with Gasteiger partial charge in [-0.1, -0.05) is 11.6 Å². The molecule has 1 fully saturated rings. The van der Waals surface area contributed by atoms with Crippen molar-refractivity contribution in [2.75, 3.05) is 30.6 Å². The van der Waals surface area contributed by atoms with Gasteiger partial charge in [0.05, 0.1) is 17.0 Å². The van der Waals surface area contributed by atoms with E-state index in [1.165, 1.54) is 64.3 Å². The number of halogens is 2. The summed E-state index contributed by atoms with van der Waals surface area (Å²) in [4.78, 5) is 17.8. The second-order valence-electron chi connectivity index (χ2n) is 10.3. The van der Waals surface area contributed by atoms with Gasteiger partial charge in [-0.25, -0.2) is 26.2 Å². The molecule has 1 atom stereocenters. The number of aromatic nitrogens is 2. The van der Waals surface area contributed by atoms with Crippen LogP contribution in [0, 0.1) is 5.82 Å². The molecule has 4 heterocycles. The molecule has 1 amide bonds. The van der Waals surface area contributed by atoms with Crippen LogP contribution in [0.15, 0.2) is 57.4 Å². The molecule has 0 spiro atoms. The number of imidazole rings is 1. The van der Waals surface area contributed by atoms with Gasteiger partial charge in [0, 0.05) is 48.7 Å². The van der Waals surface area contributed by atoms with Crippen molar-refractivity contribution in [3.05, 3.63) is 70.1 Å². The van der Waals surface area contributed by atoms with E-state index in [9.17, 15) is 26.0 Å². The third kappa shape index (κ3) is 5.36. The molecule has 16 heteroatoms. The molecule has 1 saturated heterocycles. The number of fused-ring (bicyclic) bond motifs is 2. The second kappa shape index (κ2) is 11.5. The number of anilines is 1. The van der Waals surface area contributed by atoms with Crippen molar-refractivity contribution in [2.45, 2.75) is 30.7 Å². The third-order valence-electron chi connectivity index (χ3n) is 7.65. The first-order valence-corrected chi connectivity index (χ1v) is 18.0. The molecule has 1 aliphatic heterocycles. The maximum Gasteiger partial charge on any atom is 0.262 e. The minimum atomic E-state index is -4.09. The van der Waals surface area contributed by atoms with Crippen LogP contribution in [0.25, 0.3) is 27.3 Å². The molecule has 0 unspecified atom stereocenters. The zero-order valence-electron chi connectivity index (χ0n) is 23.5. The Kier molecular flexibility index (Phi) is 7.94. The van der Waals surface area contributed by atoms with Gasteiger partial charge in [-0.15, -0.1) is 11.3 Å². The number of sulfonamides is 2. The molecule has 44 heavy (non-hydrogen) atoms. The number of hydrogen-bond acceptors (Lipinski definition) is 8. The van der Waals surface area contributed by atoms with Crippen LogP contribution in [0.3, 0.4) is 0 Å². The van der Waals surface area contributed by atoms with Gasteiger partial charge in [-0.3, -0.25) is 13.9 Å². The second-order valence-corrected chi connectivity index (χ2v) is 15.4. The summed E-state index contributed by atoms with van der Waals surface area (Å²) in [6, 6.07) is 8.64. The van der Waals surface area contributed by atoms with Crippen LogP contribution in [0.1, 0.15) is 41.6 Å². The predicted molar refractivity (Wildman–Crippen MR) is 167 cm³/mol. The minimum Gasteiger partial charge on any atom is -0.455 e. The summed E-state index contributed by atoms with van der Waals surface area (Å²) in [7, 11) is -6.37. The van der Waals surface area contributed by atoms with Gasteiger partial charge in [-0.05, 0) is 61.6 Å². The first-order valence-electron chi connectivity index (χ1n) is 13.6. The number of carbonyl (C=O) groups excluding carboxylic acids is 1. The van der Waals surface area contributed by atoms with Gasteiger partial charge in [-0.2, -0.15) is 4.31 Å². The number of rotatable bonds is 8. The van der Waals surface area contributed by atoms with Crippen molar-refractivity contribution >= 4 is 70.5 Å². The normalized spacial score (nSPS) is 16.5. The fourth-order valence-corrected chi connectivity index (χ4v) is 9.07. The number of benzene rings is 2. The summed E-state index contributed by atoms with van der Waals surface area (Å²) < 4.78 is 78.5. The zero-order valence-corrected chi connectivity index (χ0v) is 26.7. The van der Waals surface area contributed by atoms with Crippen molar-refractivity contribution in [2.24, 2.45) is 0 Å². The smallest absolute Gasteiger partial charge is 0.262 e. The lowest BCUT2D eigenvalue weighted by atomic mass is 9.89. The van der Waals surface area contributed by atoms with Crippen LogP contribution in [-0.4, -0.2) is 62.3 Å². The molecule has 0 aliphatic carbocycles. The minimum absolute atomic E-state index is 0.0281. The topological polar surface area (TPSA) is 143 Å². The first-order chi connectivity index (χ1) is 20.9. The number of thiazole rings is 1. The number of hydrogen-bond donors (Lipinski definition) is 2. The Hall–Kier alpha value is -3.50. The van der Waals surface area contributed by atoms with E-state index in [-0.39, 0.29) is 51.6 Å². The molecule has 11 nitrogen and oxygen atoms in total. The lowest BCUT2D eigenvalue weighted by Crippen LogP contribution is -2.39. The zero-order chi connectivity index (χ0) is 31.4. The molecule has 0 saturated carbocycles. The van der Waals surface area contributed by atoms with Gasteiger partial charge < -0.3 is 9.73 Å². The van der Waals surface area contributed by atoms with E-state index in [2.05, 4.69) is 15.0 Å². The highest BCUT2D eigenvalue weighted by Crippen LogP contribution is 2.42. The quantitative estimate of drug-likeness (QED) is 0.227. The fourth-order valence-electron chi connectivity index (χ4n) is 5.49. The van der Waals surface area contributed by atoms with Gasteiger partial charge in [0.15, 0.2) is 15.1 Å². The monoisotopic (exact) mass is 679 g/mol. The molecule has 5 aromatic rings. The van der Waals surface area contributed by atoms with E-state index >= 15 is 0 Å². The number of amides is 1. The van der Waals surface area contributed by atoms with Crippen molar-refractivity contribution in [3.63, 3.8) is 0 Å². The largest absolute Gasteiger partial charge is 0.455 e. The SMILES string of the molecule is CCS(=O)(=O)Nc1cc2oc(-c3ccc(F)cc3)c(C(=O)NC)c2cc1[C@H]1CCCN(S(=O)(=O)c2c(Cl)nc3sccn23)C1. The van der Waals surface area contributed by atoms with Crippen LogP contribution in [0.5, 0.6) is 0 Å². The number of piperidine rings is 1. The lowest BCUT2D eigenvalue weighted by molar-refractivity contribution is 0.0964. The predicted octanol–water partition coefficient (Wildman–Crippen LogP) is 5.29. The molecule has 1 aliphatic rings.